The number of hydrogen-bond acceptors (Lipinski definition) is 5. The molecule has 1 aromatic rings. The molecule has 6 nitrogen and oxygen atoms in total. The van der Waals surface area contributed by atoms with Crippen molar-refractivity contribution in [2.75, 3.05) is 46.1 Å². The van der Waals surface area contributed by atoms with Gasteiger partial charge in [-0.05, 0) is 32.6 Å². The SMILES string of the molecule is CCCN(CCN(C)C)S(=O)(=O)c1ccc(NC)nc1. The highest BCUT2D eigenvalue weighted by Crippen LogP contribution is 2.16. The summed E-state index contributed by atoms with van der Waals surface area (Å²) >= 11 is 0. The minimum atomic E-state index is -3.47. The highest BCUT2D eigenvalue weighted by atomic mass is 32.2. The Hall–Kier alpha value is -1.18. The van der Waals surface area contributed by atoms with Crippen molar-refractivity contribution in [1.29, 1.82) is 0 Å². The molecule has 0 spiro atoms. The quantitative estimate of drug-likeness (QED) is 0.778. The summed E-state index contributed by atoms with van der Waals surface area (Å²) in [6.45, 7) is 3.67. The second-order valence-corrected chi connectivity index (χ2v) is 6.77. The molecule has 20 heavy (non-hydrogen) atoms. The Bertz CT molecular complexity index is 500. The van der Waals surface area contributed by atoms with Crippen LogP contribution in [-0.2, 0) is 10.0 Å². The topological polar surface area (TPSA) is 65.5 Å². The first-order valence-corrected chi connectivity index (χ1v) is 8.14. The summed E-state index contributed by atoms with van der Waals surface area (Å²) in [4.78, 5) is 6.29. The predicted octanol–water partition coefficient (Wildman–Crippen LogP) is 1.09. The van der Waals surface area contributed by atoms with E-state index in [0.29, 0.717) is 25.5 Å². The van der Waals surface area contributed by atoms with Gasteiger partial charge >= 0.3 is 0 Å². The molecule has 0 saturated carbocycles. The van der Waals surface area contributed by atoms with Crippen LogP contribution in [0.15, 0.2) is 23.2 Å². The Labute approximate surface area is 121 Å². The van der Waals surface area contributed by atoms with E-state index in [1.165, 1.54) is 10.5 Å². The molecule has 0 aliphatic heterocycles. The molecule has 0 aliphatic rings. The highest BCUT2D eigenvalue weighted by Gasteiger charge is 2.23. The van der Waals surface area contributed by atoms with Crippen LogP contribution in [0.3, 0.4) is 0 Å². The van der Waals surface area contributed by atoms with Gasteiger partial charge in [0.15, 0.2) is 0 Å². The molecule has 0 aromatic carbocycles. The maximum absolute atomic E-state index is 12.6. The van der Waals surface area contributed by atoms with Crippen LogP contribution in [0.1, 0.15) is 13.3 Å². The number of rotatable bonds is 8. The zero-order valence-corrected chi connectivity index (χ0v) is 13.4. The number of hydrogen-bond donors (Lipinski definition) is 1. The first-order chi connectivity index (χ1) is 9.41. The van der Waals surface area contributed by atoms with Crippen molar-refractivity contribution in [3.8, 4) is 0 Å². The third-order valence-electron chi connectivity index (χ3n) is 2.90. The molecule has 7 heteroatoms. The summed E-state index contributed by atoms with van der Waals surface area (Å²) in [6.07, 6.45) is 2.19. The van der Waals surface area contributed by atoms with Crippen LogP contribution in [0.4, 0.5) is 5.82 Å². The van der Waals surface area contributed by atoms with Crippen molar-refractivity contribution in [2.45, 2.75) is 18.2 Å². The van der Waals surface area contributed by atoms with Crippen molar-refractivity contribution in [3.05, 3.63) is 18.3 Å². The van der Waals surface area contributed by atoms with Gasteiger partial charge < -0.3 is 10.2 Å². The predicted molar refractivity (Wildman–Crippen MR) is 81.4 cm³/mol. The summed E-state index contributed by atoms with van der Waals surface area (Å²) in [6, 6.07) is 3.26. The van der Waals surface area contributed by atoms with Crippen LogP contribution in [0.5, 0.6) is 0 Å². The monoisotopic (exact) mass is 300 g/mol. The molecule has 1 N–H and O–H groups in total. The Balaban J connectivity index is 2.95. The number of nitrogens with one attached hydrogen (secondary N) is 1. The molecule has 0 atom stereocenters. The average molecular weight is 300 g/mol. The second kappa shape index (κ2) is 7.56. The summed E-state index contributed by atoms with van der Waals surface area (Å²) in [5.74, 6) is 0.652. The maximum atomic E-state index is 12.6. The number of aromatic nitrogens is 1. The van der Waals surface area contributed by atoms with E-state index >= 15 is 0 Å². The fourth-order valence-corrected chi connectivity index (χ4v) is 3.21. The zero-order chi connectivity index (χ0) is 15.2. The summed E-state index contributed by atoms with van der Waals surface area (Å²) in [5, 5.41) is 2.87. The number of nitrogens with zero attached hydrogens (tertiary/aromatic N) is 3. The first kappa shape index (κ1) is 16.9. The third-order valence-corrected chi connectivity index (χ3v) is 4.78. The van der Waals surface area contributed by atoms with Gasteiger partial charge in [0.2, 0.25) is 10.0 Å². The lowest BCUT2D eigenvalue weighted by Crippen LogP contribution is -2.37. The van der Waals surface area contributed by atoms with E-state index in [2.05, 4.69) is 10.3 Å². The van der Waals surface area contributed by atoms with Gasteiger partial charge in [-0.15, -0.1) is 0 Å². The van der Waals surface area contributed by atoms with Crippen molar-refractivity contribution < 1.29 is 8.42 Å². The molecule has 0 fully saturated rings. The molecular formula is C13H24N4O2S. The molecule has 1 aromatic heterocycles. The molecule has 114 valence electrons. The Morgan fingerprint density at radius 3 is 2.35 bits per heavy atom. The summed E-state index contributed by atoms with van der Waals surface area (Å²) in [5.41, 5.74) is 0. The van der Waals surface area contributed by atoms with Gasteiger partial charge in [0.25, 0.3) is 0 Å². The van der Waals surface area contributed by atoms with Crippen LogP contribution in [-0.4, -0.2) is 63.4 Å². The largest absolute Gasteiger partial charge is 0.373 e. The van der Waals surface area contributed by atoms with Gasteiger partial charge in [-0.3, -0.25) is 0 Å². The highest BCUT2D eigenvalue weighted by molar-refractivity contribution is 7.89. The normalized spacial score (nSPS) is 12.1. The summed E-state index contributed by atoms with van der Waals surface area (Å²) in [7, 11) is 2.14. The Morgan fingerprint density at radius 2 is 1.90 bits per heavy atom. The smallest absolute Gasteiger partial charge is 0.244 e. The molecule has 0 radical (unpaired) electrons. The van der Waals surface area contributed by atoms with Crippen molar-refractivity contribution in [3.63, 3.8) is 0 Å². The minimum Gasteiger partial charge on any atom is -0.373 e. The van der Waals surface area contributed by atoms with Gasteiger partial charge in [-0.2, -0.15) is 4.31 Å². The number of sulfonamides is 1. The van der Waals surface area contributed by atoms with E-state index in [1.54, 1.807) is 19.2 Å². The lowest BCUT2D eigenvalue weighted by molar-refractivity contribution is 0.333. The van der Waals surface area contributed by atoms with E-state index in [4.69, 9.17) is 0 Å². The van der Waals surface area contributed by atoms with E-state index in [0.717, 1.165) is 6.42 Å². The Kier molecular flexibility index (Phi) is 6.38. The van der Waals surface area contributed by atoms with Crippen molar-refractivity contribution in [1.82, 2.24) is 14.2 Å². The molecule has 0 unspecified atom stereocenters. The molecule has 0 saturated heterocycles. The van der Waals surface area contributed by atoms with Gasteiger partial charge in [0, 0.05) is 32.9 Å². The van der Waals surface area contributed by atoms with Gasteiger partial charge in [-0.1, -0.05) is 6.92 Å². The second-order valence-electron chi connectivity index (χ2n) is 4.84. The molecule has 1 rings (SSSR count). The van der Waals surface area contributed by atoms with Gasteiger partial charge in [0.1, 0.15) is 10.7 Å². The van der Waals surface area contributed by atoms with Crippen LogP contribution in [0, 0.1) is 0 Å². The van der Waals surface area contributed by atoms with E-state index in [1.807, 2.05) is 25.9 Å². The van der Waals surface area contributed by atoms with E-state index < -0.39 is 10.0 Å². The Morgan fingerprint density at radius 1 is 1.20 bits per heavy atom. The molecule has 0 amide bonds. The van der Waals surface area contributed by atoms with Gasteiger partial charge in [-0.25, -0.2) is 13.4 Å². The summed E-state index contributed by atoms with van der Waals surface area (Å²) < 4.78 is 26.7. The first-order valence-electron chi connectivity index (χ1n) is 6.70. The van der Waals surface area contributed by atoms with Crippen LogP contribution in [0.25, 0.3) is 0 Å². The minimum absolute atomic E-state index is 0.240. The standard InChI is InChI=1S/C13H24N4O2S/c1-5-8-17(10-9-16(3)4)20(18,19)12-6-7-13(14-2)15-11-12/h6-7,11H,5,8-10H2,1-4H3,(H,14,15). The maximum Gasteiger partial charge on any atom is 0.244 e. The molecule has 0 bridgehead atoms. The zero-order valence-electron chi connectivity index (χ0n) is 12.6. The fourth-order valence-electron chi connectivity index (χ4n) is 1.74. The molecule has 0 aliphatic carbocycles. The van der Waals surface area contributed by atoms with E-state index in [-0.39, 0.29) is 4.90 Å². The van der Waals surface area contributed by atoms with E-state index in [9.17, 15) is 8.42 Å². The molecular weight excluding hydrogens is 276 g/mol. The fraction of sp³-hybridized carbons (Fsp3) is 0.615. The van der Waals surface area contributed by atoms with Gasteiger partial charge in [0.05, 0.1) is 0 Å². The lowest BCUT2D eigenvalue weighted by atomic mass is 10.4. The van der Waals surface area contributed by atoms with Crippen LogP contribution in [0.2, 0.25) is 0 Å². The van der Waals surface area contributed by atoms with Crippen molar-refractivity contribution in [2.24, 2.45) is 0 Å². The number of anilines is 1. The molecule has 1 heterocycles. The third kappa shape index (κ3) is 4.43. The number of likely N-dealkylation sites (N-methyl/N-ethyl adjacent to an activating group) is 1. The number of pyridine rings is 1. The van der Waals surface area contributed by atoms with Crippen LogP contribution < -0.4 is 5.32 Å². The average Bonchev–Trinajstić information content (AvgIpc) is 2.43. The van der Waals surface area contributed by atoms with Crippen LogP contribution >= 0.6 is 0 Å². The van der Waals surface area contributed by atoms with Crippen molar-refractivity contribution >= 4 is 15.8 Å². The lowest BCUT2D eigenvalue weighted by Gasteiger charge is -2.23.